The molecule has 0 amide bonds. The van der Waals surface area contributed by atoms with Gasteiger partial charge in [-0.2, -0.15) is 0 Å². The molecular weight excluding hydrogens is 296 g/mol. The lowest BCUT2D eigenvalue weighted by Crippen LogP contribution is -2.30. The zero-order valence-corrected chi connectivity index (χ0v) is 15.2. The predicted molar refractivity (Wildman–Crippen MR) is 90.2 cm³/mol. The second-order valence-corrected chi connectivity index (χ2v) is 10.9. The van der Waals surface area contributed by atoms with E-state index in [0.29, 0.717) is 19.4 Å². The first kappa shape index (κ1) is 18.8. The van der Waals surface area contributed by atoms with Crippen LogP contribution in [0.15, 0.2) is 23.8 Å². The first-order chi connectivity index (χ1) is 10.3. The van der Waals surface area contributed by atoms with E-state index in [0.717, 1.165) is 24.8 Å². The molecule has 1 rings (SSSR count). The molecule has 0 aromatic carbocycles. The molecule has 0 aromatic heterocycles. The summed E-state index contributed by atoms with van der Waals surface area (Å²) in [6, 6.07) is 0. The van der Waals surface area contributed by atoms with Crippen molar-refractivity contribution in [3.8, 4) is 0 Å². The van der Waals surface area contributed by atoms with Crippen LogP contribution in [-0.2, 0) is 18.8 Å². The molecule has 1 aliphatic carbocycles. The Bertz CT molecular complexity index is 446. The van der Waals surface area contributed by atoms with Gasteiger partial charge in [0.1, 0.15) is 0 Å². The Morgan fingerprint density at radius 3 is 2.73 bits per heavy atom. The van der Waals surface area contributed by atoms with Crippen LogP contribution in [0.4, 0.5) is 0 Å². The fourth-order valence-electron chi connectivity index (χ4n) is 2.31. The largest absolute Gasteiger partial charge is 0.466 e. The minimum atomic E-state index is -1.61. The number of ketones is 1. The van der Waals surface area contributed by atoms with Gasteiger partial charge in [-0.1, -0.05) is 12.2 Å². The number of hydrogen-bond donors (Lipinski definition) is 0. The molecule has 0 aromatic rings. The molecule has 22 heavy (non-hydrogen) atoms. The van der Waals surface area contributed by atoms with E-state index in [9.17, 15) is 9.59 Å². The van der Waals surface area contributed by atoms with Gasteiger partial charge in [-0.15, -0.1) is 0 Å². The smallest absolute Gasteiger partial charge is 0.305 e. The van der Waals surface area contributed by atoms with Crippen molar-refractivity contribution >= 4 is 20.1 Å². The highest BCUT2D eigenvalue weighted by atomic mass is 28.4. The van der Waals surface area contributed by atoms with Crippen molar-refractivity contribution in [2.75, 3.05) is 6.61 Å². The number of Topliss-reactive ketones (excluding diaryl/α,β-unsaturated/α-hetero) is 1. The maximum Gasteiger partial charge on any atom is 0.305 e. The monoisotopic (exact) mass is 324 g/mol. The summed E-state index contributed by atoms with van der Waals surface area (Å²) in [4.78, 5) is 23.1. The molecule has 1 atom stereocenters. The van der Waals surface area contributed by atoms with Gasteiger partial charge in [0.05, 0.1) is 12.7 Å². The number of unbranched alkanes of at least 4 members (excludes halogenated alkanes) is 2. The van der Waals surface area contributed by atoms with Crippen molar-refractivity contribution in [1.29, 1.82) is 0 Å². The number of carbonyl (C=O) groups is 2. The van der Waals surface area contributed by atoms with E-state index in [1.807, 2.05) is 25.2 Å². The summed E-state index contributed by atoms with van der Waals surface area (Å²) < 4.78 is 10.8. The molecule has 0 aliphatic heterocycles. The maximum absolute atomic E-state index is 11.9. The van der Waals surface area contributed by atoms with E-state index < -0.39 is 8.32 Å². The minimum absolute atomic E-state index is 0.0531. The lowest BCUT2D eigenvalue weighted by Gasteiger charge is -2.21. The van der Waals surface area contributed by atoms with Crippen molar-refractivity contribution < 1.29 is 18.8 Å². The van der Waals surface area contributed by atoms with E-state index in [1.54, 1.807) is 0 Å². The van der Waals surface area contributed by atoms with Crippen LogP contribution in [0.25, 0.3) is 0 Å². The summed E-state index contributed by atoms with van der Waals surface area (Å²) in [6.45, 7) is 8.63. The summed E-state index contributed by atoms with van der Waals surface area (Å²) in [5.41, 5.74) is 0.758. The average Bonchev–Trinajstić information content (AvgIpc) is 2.71. The van der Waals surface area contributed by atoms with Gasteiger partial charge in [-0.05, 0) is 51.9 Å². The van der Waals surface area contributed by atoms with E-state index in [4.69, 9.17) is 9.16 Å². The first-order valence-electron chi connectivity index (χ1n) is 8.07. The molecule has 4 nitrogen and oxygen atoms in total. The Labute approximate surface area is 134 Å². The molecule has 1 aliphatic rings. The van der Waals surface area contributed by atoms with Crippen LogP contribution in [0, 0.1) is 0 Å². The molecule has 0 N–H and O–H groups in total. The summed E-state index contributed by atoms with van der Waals surface area (Å²) >= 11 is 0. The van der Waals surface area contributed by atoms with Gasteiger partial charge in [0, 0.05) is 18.4 Å². The molecule has 0 radical (unpaired) electrons. The number of hydrogen-bond acceptors (Lipinski definition) is 4. The van der Waals surface area contributed by atoms with Gasteiger partial charge in [0.25, 0.3) is 0 Å². The third kappa shape index (κ3) is 7.71. The van der Waals surface area contributed by atoms with Gasteiger partial charge in [0.15, 0.2) is 14.1 Å². The second kappa shape index (κ2) is 9.05. The van der Waals surface area contributed by atoms with Crippen LogP contribution in [0.3, 0.4) is 0 Å². The second-order valence-electron chi connectivity index (χ2n) is 6.47. The third-order valence-corrected chi connectivity index (χ3v) is 4.19. The fraction of sp³-hybridized carbons (Fsp3) is 0.647. The number of esters is 1. The fourth-order valence-corrected chi connectivity index (χ4v) is 3.37. The van der Waals surface area contributed by atoms with Gasteiger partial charge in [-0.3, -0.25) is 9.59 Å². The van der Waals surface area contributed by atoms with E-state index in [1.165, 1.54) is 0 Å². The lowest BCUT2D eigenvalue weighted by molar-refractivity contribution is -0.143. The van der Waals surface area contributed by atoms with Gasteiger partial charge in [-0.25, -0.2) is 0 Å². The lowest BCUT2D eigenvalue weighted by atomic mass is 10.1. The molecule has 5 heteroatoms. The predicted octanol–water partition coefficient (Wildman–Crippen LogP) is 3.79. The topological polar surface area (TPSA) is 52.6 Å². The highest BCUT2D eigenvalue weighted by Gasteiger charge is 2.27. The van der Waals surface area contributed by atoms with Gasteiger partial charge in [0.2, 0.25) is 0 Å². The van der Waals surface area contributed by atoms with Crippen molar-refractivity contribution in [2.24, 2.45) is 0 Å². The molecule has 0 saturated carbocycles. The van der Waals surface area contributed by atoms with Crippen LogP contribution in [0.2, 0.25) is 19.6 Å². The highest BCUT2D eigenvalue weighted by Crippen LogP contribution is 2.22. The zero-order valence-electron chi connectivity index (χ0n) is 14.2. The molecule has 0 fully saturated rings. The van der Waals surface area contributed by atoms with E-state index in [2.05, 4.69) is 19.6 Å². The van der Waals surface area contributed by atoms with Crippen LogP contribution >= 0.6 is 0 Å². The SMILES string of the molecule is CCOC(=O)CCCC/C=C\C1=CC(O[Si](C)(C)C)CC1=O. The molecule has 0 saturated heterocycles. The molecule has 0 spiro atoms. The minimum Gasteiger partial charge on any atom is -0.466 e. The van der Waals surface area contributed by atoms with Gasteiger partial charge >= 0.3 is 5.97 Å². The summed E-state index contributed by atoms with van der Waals surface area (Å²) in [6.07, 6.45) is 9.32. The number of carbonyl (C=O) groups excluding carboxylic acids is 2. The normalized spacial score (nSPS) is 18.8. The number of ether oxygens (including phenoxy) is 1. The molecule has 0 bridgehead atoms. The van der Waals surface area contributed by atoms with Crippen molar-refractivity contribution in [3.05, 3.63) is 23.8 Å². The zero-order chi connectivity index (χ0) is 16.6. The molecular formula is C17H28O4Si. The Kier molecular flexibility index (Phi) is 7.75. The van der Waals surface area contributed by atoms with Crippen LogP contribution in [0.1, 0.15) is 39.0 Å². The van der Waals surface area contributed by atoms with Crippen LogP contribution in [-0.4, -0.2) is 32.8 Å². The average molecular weight is 324 g/mol. The standard InChI is InChI=1S/C17H28O4Si/c1-5-20-17(19)11-9-7-6-8-10-14-12-15(13-16(14)18)21-22(2,3)4/h8,10,12,15H,5-7,9,11,13H2,1-4H3/b10-8-. The Morgan fingerprint density at radius 2 is 2.09 bits per heavy atom. The first-order valence-corrected chi connectivity index (χ1v) is 11.5. The molecule has 1 unspecified atom stereocenters. The van der Waals surface area contributed by atoms with Crippen LogP contribution in [0.5, 0.6) is 0 Å². The van der Waals surface area contributed by atoms with Gasteiger partial charge < -0.3 is 9.16 Å². The highest BCUT2D eigenvalue weighted by molar-refractivity contribution is 6.69. The van der Waals surface area contributed by atoms with E-state index in [-0.39, 0.29) is 17.9 Å². The third-order valence-electron chi connectivity index (χ3n) is 3.18. The van der Waals surface area contributed by atoms with Crippen molar-refractivity contribution in [1.82, 2.24) is 0 Å². The Morgan fingerprint density at radius 1 is 1.36 bits per heavy atom. The van der Waals surface area contributed by atoms with Crippen molar-refractivity contribution in [2.45, 2.75) is 64.8 Å². The summed E-state index contributed by atoms with van der Waals surface area (Å²) in [5.74, 6) is 0.0255. The molecule has 124 valence electrons. The maximum atomic E-state index is 11.9. The Hall–Kier alpha value is -1.20. The number of allylic oxidation sites excluding steroid dienone is 3. The number of rotatable bonds is 9. The van der Waals surface area contributed by atoms with Crippen LogP contribution < -0.4 is 0 Å². The quantitative estimate of drug-likeness (QED) is 0.368. The van der Waals surface area contributed by atoms with E-state index >= 15 is 0 Å². The summed E-state index contributed by atoms with van der Waals surface area (Å²) in [7, 11) is -1.61. The Balaban J connectivity index is 2.29. The molecule has 0 heterocycles. The summed E-state index contributed by atoms with van der Waals surface area (Å²) in [5, 5.41) is 0. The van der Waals surface area contributed by atoms with Crippen molar-refractivity contribution in [3.63, 3.8) is 0 Å².